The van der Waals surface area contributed by atoms with Crippen molar-refractivity contribution in [2.45, 2.75) is 64.1 Å². The summed E-state index contributed by atoms with van der Waals surface area (Å²) in [5.74, 6) is 5.51. The van der Waals surface area contributed by atoms with E-state index in [0.717, 1.165) is 25.3 Å². The molecule has 0 aliphatic carbocycles. The minimum Gasteiger partial charge on any atom is -0.271 e. The smallest absolute Gasteiger partial charge is 0.271 e. The SMILES string of the molecule is CCCCCCCC(Cc1cccc(C(F)(F)F)c1)NN. The molecule has 120 valence electrons. The van der Waals surface area contributed by atoms with E-state index in [2.05, 4.69) is 12.3 Å². The van der Waals surface area contributed by atoms with Gasteiger partial charge in [0.1, 0.15) is 0 Å². The van der Waals surface area contributed by atoms with Gasteiger partial charge in [-0.2, -0.15) is 13.2 Å². The minimum absolute atomic E-state index is 0.0233. The third-order valence-corrected chi connectivity index (χ3v) is 3.63. The van der Waals surface area contributed by atoms with E-state index in [9.17, 15) is 13.2 Å². The zero-order chi connectivity index (χ0) is 15.7. The van der Waals surface area contributed by atoms with Crippen LogP contribution in [0.4, 0.5) is 13.2 Å². The molecule has 0 fully saturated rings. The van der Waals surface area contributed by atoms with Crippen LogP contribution in [0.15, 0.2) is 24.3 Å². The lowest BCUT2D eigenvalue weighted by Crippen LogP contribution is -2.36. The Labute approximate surface area is 124 Å². The molecule has 1 atom stereocenters. The largest absolute Gasteiger partial charge is 0.416 e. The Hall–Kier alpha value is -1.07. The first-order valence-corrected chi connectivity index (χ1v) is 7.59. The van der Waals surface area contributed by atoms with Gasteiger partial charge in [0.2, 0.25) is 0 Å². The van der Waals surface area contributed by atoms with Gasteiger partial charge in [-0.15, -0.1) is 0 Å². The van der Waals surface area contributed by atoms with Crippen LogP contribution in [0.5, 0.6) is 0 Å². The van der Waals surface area contributed by atoms with E-state index in [1.165, 1.54) is 31.4 Å². The van der Waals surface area contributed by atoms with Crippen molar-refractivity contribution < 1.29 is 13.2 Å². The Morgan fingerprint density at radius 3 is 2.48 bits per heavy atom. The molecule has 0 radical (unpaired) electrons. The van der Waals surface area contributed by atoms with Crippen LogP contribution in [0.25, 0.3) is 0 Å². The second kappa shape index (κ2) is 9.05. The number of unbranched alkanes of at least 4 members (excludes halogenated alkanes) is 4. The van der Waals surface area contributed by atoms with Gasteiger partial charge in [0.15, 0.2) is 0 Å². The van der Waals surface area contributed by atoms with Crippen LogP contribution in [-0.4, -0.2) is 6.04 Å². The highest BCUT2D eigenvalue weighted by molar-refractivity contribution is 5.26. The molecule has 0 amide bonds. The lowest BCUT2D eigenvalue weighted by Gasteiger charge is -2.17. The highest BCUT2D eigenvalue weighted by Crippen LogP contribution is 2.29. The number of hydrogen-bond donors (Lipinski definition) is 2. The average Bonchev–Trinajstić information content (AvgIpc) is 2.45. The van der Waals surface area contributed by atoms with Gasteiger partial charge in [-0.3, -0.25) is 11.3 Å². The fourth-order valence-electron chi connectivity index (χ4n) is 2.40. The molecule has 1 aromatic rings. The van der Waals surface area contributed by atoms with Gasteiger partial charge in [0.25, 0.3) is 0 Å². The van der Waals surface area contributed by atoms with Gasteiger partial charge in [-0.05, 0) is 24.5 Å². The van der Waals surface area contributed by atoms with Gasteiger partial charge in [-0.25, -0.2) is 0 Å². The summed E-state index contributed by atoms with van der Waals surface area (Å²) in [5.41, 5.74) is 2.79. The molecular weight excluding hydrogens is 277 g/mol. The van der Waals surface area contributed by atoms with Gasteiger partial charge in [0, 0.05) is 6.04 Å². The monoisotopic (exact) mass is 302 g/mol. The van der Waals surface area contributed by atoms with Crippen LogP contribution < -0.4 is 11.3 Å². The zero-order valence-electron chi connectivity index (χ0n) is 12.5. The van der Waals surface area contributed by atoms with E-state index < -0.39 is 11.7 Å². The first kappa shape index (κ1) is 18.0. The molecule has 1 unspecified atom stereocenters. The molecule has 0 aliphatic heterocycles. The highest BCUT2D eigenvalue weighted by Gasteiger charge is 2.30. The molecule has 0 saturated heterocycles. The lowest BCUT2D eigenvalue weighted by molar-refractivity contribution is -0.137. The minimum atomic E-state index is -4.29. The van der Waals surface area contributed by atoms with Crippen LogP contribution >= 0.6 is 0 Å². The van der Waals surface area contributed by atoms with Crippen molar-refractivity contribution in [3.8, 4) is 0 Å². The maximum absolute atomic E-state index is 12.7. The second-order valence-corrected chi connectivity index (χ2v) is 5.47. The highest BCUT2D eigenvalue weighted by atomic mass is 19.4. The summed E-state index contributed by atoms with van der Waals surface area (Å²) in [5, 5.41) is 0. The van der Waals surface area contributed by atoms with Gasteiger partial charge < -0.3 is 0 Å². The van der Waals surface area contributed by atoms with Gasteiger partial charge in [-0.1, -0.05) is 57.2 Å². The summed E-state index contributed by atoms with van der Waals surface area (Å²) in [6.07, 6.45) is 2.95. The van der Waals surface area contributed by atoms with Crippen molar-refractivity contribution in [1.29, 1.82) is 0 Å². The fourth-order valence-corrected chi connectivity index (χ4v) is 2.40. The molecule has 0 aliphatic rings. The maximum Gasteiger partial charge on any atom is 0.416 e. The van der Waals surface area contributed by atoms with Crippen LogP contribution in [-0.2, 0) is 12.6 Å². The first-order valence-electron chi connectivity index (χ1n) is 7.59. The van der Waals surface area contributed by atoms with Crippen molar-refractivity contribution in [3.05, 3.63) is 35.4 Å². The van der Waals surface area contributed by atoms with E-state index in [4.69, 9.17) is 5.84 Å². The predicted octanol–water partition coefficient (Wildman–Crippen LogP) is 4.44. The maximum atomic E-state index is 12.7. The Balaban J connectivity index is 2.49. The molecule has 5 heteroatoms. The van der Waals surface area contributed by atoms with E-state index in [1.807, 2.05) is 0 Å². The number of nitrogens with two attached hydrogens (primary N) is 1. The van der Waals surface area contributed by atoms with Crippen molar-refractivity contribution in [2.75, 3.05) is 0 Å². The lowest BCUT2D eigenvalue weighted by atomic mass is 9.99. The zero-order valence-corrected chi connectivity index (χ0v) is 12.5. The average molecular weight is 302 g/mol. The Morgan fingerprint density at radius 1 is 1.14 bits per heavy atom. The standard InChI is InChI=1S/C16H25F3N2/c1-2-3-4-5-6-10-15(21-20)12-13-8-7-9-14(11-13)16(17,18)19/h7-9,11,15,21H,2-6,10,12,20H2,1H3. The molecule has 21 heavy (non-hydrogen) atoms. The van der Waals surface area contributed by atoms with Crippen molar-refractivity contribution in [3.63, 3.8) is 0 Å². The van der Waals surface area contributed by atoms with E-state index in [1.54, 1.807) is 6.07 Å². The molecule has 0 aromatic heterocycles. The van der Waals surface area contributed by atoms with Gasteiger partial charge in [0.05, 0.1) is 5.56 Å². The summed E-state index contributed by atoms with van der Waals surface area (Å²) in [4.78, 5) is 0. The number of nitrogens with one attached hydrogen (secondary N) is 1. The molecule has 1 aromatic carbocycles. The molecule has 2 nitrogen and oxygen atoms in total. The number of halogens is 3. The molecule has 0 bridgehead atoms. The van der Waals surface area contributed by atoms with Crippen LogP contribution in [0.3, 0.4) is 0 Å². The third-order valence-electron chi connectivity index (χ3n) is 3.63. The summed E-state index contributed by atoms with van der Waals surface area (Å²) >= 11 is 0. The molecular formula is C16H25F3N2. The number of benzene rings is 1. The second-order valence-electron chi connectivity index (χ2n) is 5.47. The Kier molecular flexibility index (Phi) is 7.75. The summed E-state index contributed by atoms with van der Waals surface area (Å²) < 4.78 is 38.0. The summed E-state index contributed by atoms with van der Waals surface area (Å²) in [7, 11) is 0. The first-order chi connectivity index (χ1) is 9.97. The Morgan fingerprint density at radius 2 is 1.86 bits per heavy atom. The van der Waals surface area contributed by atoms with Crippen LogP contribution in [0.2, 0.25) is 0 Å². The van der Waals surface area contributed by atoms with Crippen molar-refractivity contribution in [2.24, 2.45) is 5.84 Å². The molecule has 3 N–H and O–H groups in total. The summed E-state index contributed by atoms with van der Waals surface area (Å²) in [6, 6.07) is 5.50. The van der Waals surface area contributed by atoms with E-state index >= 15 is 0 Å². The molecule has 0 spiro atoms. The summed E-state index contributed by atoms with van der Waals surface area (Å²) in [6.45, 7) is 2.16. The Bertz CT molecular complexity index is 405. The number of alkyl halides is 3. The number of hydrazine groups is 1. The third kappa shape index (κ3) is 6.96. The van der Waals surface area contributed by atoms with Crippen LogP contribution in [0, 0.1) is 0 Å². The van der Waals surface area contributed by atoms with Crippen molar-refractivity contribution >= 4 is 0 Å². The number of rotatable bonds is 9. The number of hydrogen-bond acceptors (Lipinski definition) is 2. The molecule has 1 rings (SSSR count). The van der Waals surface area contributed by atoms with E-state index in [0.29, 0.717) is 12.0 Å². The van der Waals surface area contributed by atoms with Crippen LogP contribution in [0.1, 0.15) is 56.6 Å². The van der Waals surface area contributed by atoms with Gasteiger partial charge >= 0.3 is 6.18 Å². The fraction of sp³-hybridized carbons (Fsp3) is 0.625. The predicted molar refractivity (Wildman–Crippen MR) is 79.6 cm³/mol. The molecule has 0 saturated carbocycles. The molecule has 0 heterocycles. The normalized spacial score (nSPS) is 13.4. The van der Waals surface area contributed by atoms with E-state index in [-0.39, 0.29) is 6.04 Å². The topological polar surface area (TPSA) is 38.0 Å². The van der Waals surface area contributed by atoms with Crippen molar-refractivity contribution in [1.82, 2.24) is 5.43 Å². The quantitative estimate of drug-likeness (QED) is 0.402.